The van der Waals surface area contributed by atoms with E-state index < -0.39 is 0 Å². The maximum Gasteiger partial charge on any atom is 0.0672 e. The smallest absolute Gasteiger partial charge is 0.0672 e. The predicted molar refractivity (Wildman–Crippen MR) is 68.1 cm³/mol. The number of hydrogen-bond donors (Lipinski definition) is 0. The summed E-state index contributed by atoms with van der Waals surface area (Å²) in [5.41, 5.74) is 0. The van der Waals surface area contributed by atoms with Crippen LogP contribution in [0.5, 0.6) is 0 Å². The summed E-state index contributed by atoms with van der Waals surface area (Å²) in [6, 6.07) is 3.05. The summed E-state index contributed by atoms with van der Waals surface area (Å²) in [5.74, 6) is 1.12. The molecule has 3 atom stereocenters. The number of hydrogen-bond acceptors (Lipinski definition) is 2. The molecule has 1 fully saturated rings. The maximum absolute atomic E-state index is 9.26. The topological polar surface area (TPSA) is 27.0 Å². The van der Waals surface area contributed by atoms with Crippen LogP contribution in [0.3, 0.4) is 0 Å². The van der Waals surface area contributed by atoms with Gasteiger partial charge in [-0.3, -0.25) is 4.90 Å². The molecule has 16 heavy (non-hydrogen) atoms. The highest BCUT2D eigenvalue weighted by Gasteiger charge is 2.32. The van der Waals surface area contributed by atoms with Crippen molar-refractivity contribution < 1.29 is 0 Å². The van der Waals surface area contributed by atoms with Crippen molar-refractivity contribution in [1.29, 1.82) is 5.26 Å². The molecule has 3 unspecified atom stereocenters. The van der Waals surface area contributed by atoms with Crippen LogP contribution in [0.1, 0.15) is 52.9 Å². The van der Waals surface area contributed by atoms with E-state index in [-0.39, 0.29) is 5.92 Å². The van der Waals surface area contributed by atoms with Gasteiger partial charge in [-0.05, 0) is 44.7 Å². The van der Waals surface area contributed by atoms with Gasteiger partial charge in [-0.25, -0.2) is 0 Å². The van der Waals surface area contributed by atoms with Gasteiger partial charge in [0.1, 0.15) is 0 Å². The predicted octanol–water partition coefficient (Wildman–Crippen LogP) is 3.44. The van der Waals surface area contributed by atoms with E-state index in [4.69, 9.17) is 0 Å². The second-order valence-corrected chi connectivity index (χ2v) is 5.02. The summed E-state index contributed by atoms with van der Waals surface area (Å²) < 4.78 is 0. The Morgan fingerprint density at radius 3 is 2.50 bits per heavy atom. The normalized spacial score (nSPS) is 30.3. The zero-order chi connectivity index (χ0) is 12.0. The van der Waals surface area contributed by atoms with Crippen LogP contribution in [0.2, 0.25) is 0 Å². The fraction of sp³-hybridized carbons (Fsp3) is 0.929. The molecule has 0 heterocycles. The fourth-order valence-corrected chi connectivity index (χ4v) is 3.00. The van der Waals surface area contributed by atoms with Crippen LogP contribution in [0.15, 0.2) is 0 Å². The number of nitriles is 1. The van der Waals surface area contributed by atoms with Gasteiger partial charge in [0.05, 0.1) is 12.0 Å². The van der Waals surface area contributed by atoms with Crippen molar-refractivity contribution in [3.8, 4) is 6.07 Å². The lowest BCUT2D eigenvalue weighted by Gasteiger charge is -2.39. The lowest BCUT2D eigenvalue weighted by molar-refractivity contribution is 0.104. The second kappa shape index (κ2) is 6.91. The van der Waals surface area contributed by atoms with E-state index in [1.165, 1.54) is 25.7 Å². The van der Waals surface area contributed by atoms with Crippen molar-refractivity contribution >= 4 is 0 Å². The summed E-state index contributed by atoms with van der Waals surface area (Å²) in [5, 5.41) is 9.26. The van der Waals surface area contributed by atoms with E-state index in [9.17, 15) is 5.26 Å². The monoisotopic (exact) mass is 222 g/mol. The third-order valence-corrected chi connectivity index (χ3v) is 4.05. The SMILES string of the molecule is CCCN(CC)C1CC(CC)CCC1C#N. The highest BCUT2D eigenvalue weighted by Crippen LogP contribution is 2.33. The van der Waals surface area contributed by atoms with Crippen molar-refractivity contribution in [2.45, 2.75) is 58.9 Å². The van der Waals surface area contributed by atoms with Crippen LogP contribution in [-0.2, 0) is 0 Å². The Bertz CT molecular complexity index is 231. The Balaban J connectivity index is 2.66. The maximum atomic E-state index is 9.26. The Morgan fingerprint density at radius 2 is 2.00 bits per heavy atom. The van der Waals surface area contributed by atoms with E-state index in [1.54, 1.807) is 0 Å². The fourth-order valence-electron chi connectivity index (χ4n) is 3.00. The third-order valence-electron chi connectivity index (χ3n) is 4.05. The first-order valence-corrected chi connectivity index (χ1v) is 6.90. The van der Waals surface area contributed by atoms with Crippen LogP contribution in [0.25, 0.3) is 0 Å². The number of nitrogens with zero attached hydrogens (tertiary/aromatic N) is 2. The van der Waals surface area contributed by atoms with E-state index in [0.717, 1.165) is 25.4 Å². The second-order valence-electron chi connectivity index (χ2n) is 5.02. The van der Waals surface area contributed by atoms with Crippen LogP contribution < -0.4 is 0 Å². The van der Waals surface area contributed by atoms with Gasteiger partial charge in [-0.2, -0.15) is 5.26 Å². The van der Waals surface area contributed by atoms with E-state index >= 15 is 0 Å². The van der Waals surface area contributed by atoms with Crippen LogP contribution in [-0.4, -0.2) is 24.0 Å². The molecule has 0 aromatic heterocycles. The lowest BCUT2D eigenvalue weighted by Crippen LogP contribution is -2.44. The molecule has 1 saturated carbocycles. The van der Waals surface area contributed by atoms with E-state index in [0.29, 0.717) is 6.04 Å². The molecule has 0 aromatic carbocycles. The molecule has 1 aliphatic rings. The summed E-state index contributed by atoms with van der Waals surface area (Å²) in [6.45, 7) is 8.97. The van der Waals surface area contributed by atoms with Crippen molar-refractivity contribution in [2.75, 3.05) is 13.1 Å². The molecule has 0 amide bonds. The molecule has 2 heteroatoms. The Hall–Kier alpha value is -0.550. The van der Waals surface area contributed by atoms with Gasteiger partial charge in [-0.15, -0.1) is 0 Å². The molecule has 1 rings (SSSR count). The summed E-state index contributed by atoms with van der Waals surface area (Å²) in [6.07, 6.45) is 6.08. The van der Waals surface area contributed by atoms with Crippen LogP contribution >= 0.6 is 0 Å². The molecule has 0 bridgehead atoms. The average Bonchev–Trinajstić information content (AvgIpc) is 2.35. The Kier molecular flexibility index (Phi) is 5.84. The first kappa shape index (κ1) is 13.5. The molecule has 0 spiro atoms. The molecule has 0 N–H and O–H groups in total. The third kappa shape index (κ3) is 3.22. The summed E-state index contributed by atoms with van der Waals surface area (Å²) in [4.78, 5) is 2.52. The van der Waals surface area contributed by atoms with Gasteiger partial charge in [0.15, 0.2) is 0 Å². The zero-order valence-corrected chi connectivity index (χ0v) is 11.1. The molecule has 0 saturated heterocycles. The molecule has 1 aliphatic carbocycles. The van der Waals surface area contributed by atoms with Gasteiger partial charge in [0.2, 0.25) is 0 Å². The molecule has 2 nitrogen and oxygen atoms in total. The zero-order valence-electron chi connectivity index (χ0n) is 11.1. The van der Waals surface area contributed by atoms with Gasteiger partial charge in [0.25, 0.3) is 0 Å². The quantitative estimate of drug-likeness (QED) is 0.712. The Morgan fingerprint density at radius 1 is 1.25 bits per heavy atom. The van der Waals surface area contributed by atoms with Crippen molar-refractivity contribution in [3.05, 3.63) is 0 Å². The first-order valence-electron chi connectivity index (χ1n) is 6.90. The van der Waals surface area contributed by atoms with Gasteiger partial charge in [-0.1, -0.05) is 27.2 Å². The van der Waals surface area contributed by atoms with Crippen molar-refractivity contribution in [2.24, 2.45) is 11.8 Å². The number of rotatable bonds is 5. The van der Waals surface area contributed by atoms with Crippen molar-refractivity contribution in [3.63, 3.8) is 0 Å². The van der Waals surface area contributed by atoms with E-state index in [1.807, 2.05) is 0 Å². The molecule has 0 aliphatic heterocycles. The molecular weight excluding hydrogens is 196 g/mol. The van der Waals surface area contributed by atoms with Gasteiger partial charge >= 0.3 is 0 Å². The standard InChI is InChI=1S/C14H26N2/c1-4-9-16(6-3)14-10-12(5-2)7-8-13(14)11-15/h12-14H,4-10H2,1-3H3. The average molecular weight is 222 g/mol. The highest BCUT2D eigenvalue weighted by molar-refractivity contribution is 4.97. The first-order chi connectivity index (χ1) is 7.76. The summed E-state index contributed by atoms with van der Waals surface area (Å²) in [7, 11) is 0. The van der Waals surface area contributed by atoms with Gasteiger partial charge in [0, 0.05) is 6.04 Å². The molecular formula is C14H26N2. The van der Waals surface area contributed by atoms with Crippen LogP contribution in [0, 0.1) is 23.2 Å². The minimum absolute atomic E-state index is 0.272. The summed E-state index contributed by atoms with van der Waals surface area (Å²) >= 11 is 0. The highest BCUT2D eigenvalue weighted by atomic mass is 15.2. The van der Waals surface area contributed by atoms with Crippen molar-refractivity contribution in [1.82, 2.24) is 4.90 Å². The van der Waals surface area contributed by atoms with Crippen LogP contribution in [0.4, 0.5) is 0 Å². The molecule has 92 valence electrons. The Labute approximate surface area is 101 Å². The minimum Gasteiger partial charge on any atom is -0.299 e. The minimum atomic E-state index is 0.272. The lowest BCUT2D eigenvalue weighted by atomic mass is 9.77. The van der Waals surface area contributed by atoms with E-state index in [2.05, 4.69) is 31.7 Å². The molecule has 0 radical (unpaired) electrons. The largest absolute Gasteiger partial charge is 0.299 e. The molecule has 0 aromatic rings. The van der Waals surface area contributed by atoms with Gasteiger partial charge < -0.3 is 0 Å².